The summed E-state index contributed by atoms with van der Waals surface area (Å²) in [4.78, 5) is 18.6. The van der Waals surface area contributed by atoms with Crippen LogP contribution in [0, 0.1) is 18.3 Å². The lowest BCUT2D eigenvalue weighted by atomic mass is 10.1. The number of hydrogen-bond donors (Lipinski definition) is 1. The van der Waals surface area contributed by atoms with Crippen LogP contribution in [0.4, 0.5) is 0 Å². The van der Waals surface area contributed by atoms with E-state index in [1.807, 2.05) is 37.3 Å². The number of nitriles is 1. The third-order valence-corrected chi connectivity index (χ3v) is 4.72. The predicted octanol–water partition coefficient (Wildman–Crippen LogP) is 3.41. The van der Waals surface area contributed by atoms with E-state index in [-0.39, 0.29) is 18.1 Å². The number of furan rings is 1. The molecular formula is C19H19N5O2S. The minimum absolute atomic E-state index is 0.0895. The third-order valence-electron chi connectivity index (χ3n) is 3.89. The number of thioether (sulfide) groups is 1. The first-order valence-corrected chi connectivity index (χ1v) is 9.43. The van der Waals surface area contributed by atoms with Crippen LogP contribution in [0.1, 0.15) is 17.7 Å². The number of H-pyrrole nitrogens is 1. The van der Waals surface area contributed by atoms with Crippen molar-refractivity contribution in [2.24, 2.45) is 0 Å². The smallest absolute Gasteiger partial charge is 0.233 e. The Hall–Kier alpha value is -3.05. The molecule has 2 aromatic heterocycles. The molecule has 1 amide bonds. The number of nitrogens with zero attached hydrogens (tertiary/aromatic N) is 4. The van der Waals surface area contributed by atoms with Crippen molar-refractivity contribution in [1.82, 2.24) is 20.1 Å². The van der Waals surface area contributed by atoms with Crippen molar-refractivity contribution >= 4 is 17.7 Å². The first kappa shape index (κ1) is 18.7. The lowest BCUT2D eigenvalue weighted by Crippen LogP contribution is -2.32. The van der Waals surface area contributed by atoms with Crippen LogP contribution in [0.25, 0.3) is 11.4 Å². The highest BCUT2D eigenvalue weighted by molar-refractivity contribution is 7.99. The van der Waals surface area contributed by atoms with Crippen molar-refractivity contribution in [1.29, 1.82) is 5.26 Å². The van der Waals surface area contributed by atoms with Crippen molar-refractivity contribution in [3.8, 4) is 17.5 Å². The molecule has 0 atom stereocenters. The van der Waals surface area contributed by atoms with Gasteiger partial charge in [0.15, 0.2) is 5.82 Å². The van der Waals surface area contributed by atoms with E-state index in [2.05, 4.69) is 21.3 Å². The van der Waals surface area contributed by atoms with Gasteiger partial charge in [0.1, 0.15) is 5.76 Å². The van der Waals surface area contributed by atoms with Crippen LogP contribution in [0.2, 0.25) is 0 Å². The monoisotopic (exact) mass is 381 g/mol. The summed E-state index contributed by atoms with van der Waals surface area (Å²) < 4.78 is 5.30. The van der Waals surface area contributed by atoms with E-state index in [0.29, 0.717) is 29.8 Å². The van der Waals surface area contributed by atoms with Crippen molar-refractivity contribution < 1.29 is 9.21 Å². The minimum Gasteiger partial charge on any atom is -0.467 e. The molecule has 27 heavy (non-hydrogen) atoms. The second-order valence-corrected chi connectivity index (χ2v) is 6.87. The van der Waals surface area contributed by atoms with E-state index in [1.54, 1.807) is 17.2 Å². The van der Waals surface area contributed by atoms with Gasteiger partial charge in [-0.25, -0.2) is 4.98 Å². The van der Waals surface area contributed by atoms with Crippen LogP contribution < -0.4 is 0 Å². The molecule has 3 aromatic rings. The SMILES string of the molecule is Cc1ccc(-c2nc(SCC(=O)N(CCC#N)Cc3ccco3)n[nH]2)cc1. The minimum atomic E-state index is -0.0895. The van der Waals surface area contributed by atoms with Crippen molar-refractivity contribution in [3.05, 3.63) is 54.0 Å². The van der Waals surface area contributed by atoms with E-state index >= 15 is 0 Å². The maximum absolute atomic E-state index is 12.6. The van der Waals surface area contributed by atoms with Gasteiger partial charge in [-0.15, -0.1) is 5.10 Å². The largest absolute Gasteiger partial charge is 0.467 e. The number of rotatable bonds is 8. The van der Waals surface area contributed by atoms with Gasteiger partial charge in [-0.1, -0.05) is 41.6 Å². The summed E-state index contributed by atoms with van der Waals surface area (Å²) in [5, 5.41) is 16.4. The Morgan fingerprint density at radius 2 is 2.15 bits per heavy atom. The molecular weight excluding hydrogens is 362 g/mol. The number of aryl methyl sites for hydroxylation is 1. The highest BCUT2D eigenvalue weighted by Gasteiger charge is 2.17. The maximum atomic E-state index is 12.6. The molecule has 138 valence electrons. The summed E-state index contributed by atoms with van der Waals surface area (Å²) in [7, 11) is 0. The third kappa shape index (κ3) is 5.21. The lowest BCUT2D eigenvalue weighted by molar-refractivity contribution is -0.129. The Bertz CT molecular complexity index is 912. The quantitative estimate of drug-likeness (QED) is 0.600. The van der Waals surface area contributed by atoms with Gasteiger partial charge < -0.3 is 9.32 Å². The first-order valence-electron chi connectivity index (χ1n) is 8.45. The molecule has 7 nitrogen and oxygen atoms in total. The molecule has 0 aliphatic heterocycles. The summed E-state index contributed by atoms with van der Waals surface area (Å²) in [6, 6.07) is 13.6. The van der Waals surface area contributed by atoms with E-state index < -0.39 is 0 Å². The van der Waals surface area contributed by atoms with Gasteiger partial charge in [0.2, 0.25) is 11.1 Å². The maximum Gasteiger partial charge on any atom is 0.233 e. The van der Waals surface area contributed by atoms with Crippen molar-refractivity contribution in [2.45, 2.75) is 25.0 Å². The number of benzene rings is 1. The molecule has 2 heterocycles. The molecule has 1 aromatic carbocycles. The average molecular weight is 381 g/mol. The number of aromatic nitrogens is 3. The highest BCUT2D eigenvalue weighted by atomic mass is 32.2. The molecule has 8 heteroatoms. The molecule has 0 radical (unpaired) electrons. The molecule has 0 fully saturated rings. The van der Waals surface area contributed by atoms with Crippen LogP contribution in [0.5, 0.6) is 0 Å². The van der Waals surface area contributed by atoms with Crippen molar-refractivity contribution in [2.75, 3.05) is 12.3 Å². The van der Waals surface area contributed by atoms with Gasteiger partial charge >= 0.3 is 0 Å². The molecule has 0 aliphatic rings. The molecule has 0 saturated carbocycles. The van der Waals surface area contributed by atoms with Crippen LogP contribution in [0.15, 0.2) is 52.2 Å². The van der Waals surface area contributed by atoms with Crippen LogP contribution in [-0.4, -0.2) is 38.3 Å². The molecule has 0 aliphatic carbocycles. The average Bonchev–Trinajstić information content (AvgIpc) is 3.35. The molecule has 0 spiro atoms. The van der Waals surface area contributed by atoms with Gasteiger partial charge in [-0.3, -0.25) is 9.89 Å². The lowest BCUT2D eigenvalue weighted by Gasteiger charge is -2.19. The second-order valence-electron chi connectivity index (χ2n) is 5.92. The number of carbonyl (C=O) groups is 1. The zero-order valence-electron chi connectivity index (χ0n) is 14.9. The molecule has 1 N–H and O–H groups in total. The Morgan fingerprint density at radius 3 is 2.85 bits per heavy atom. The molecule has 3 rings (SSSR count). The number of amides is 1. The Kier molecular flexibility index (Phi) is 6.28. The van der Waals surface area contributed by atoms with E-state index in [1.165, 1.54) is 17.3 Å². The Labute approximate surface area is 161 Å². The van der Waals surface area contributed by atoms with E-state index in [0.717, 1.165) is 5.56 Å². The summed E-state index contributed by atoms with van der Waals surface area (Å²) in [5.41, 5.74) is 2.12. The standard InChI is InChI=1S/C19H19N5O2S/c1-14-5-7-15(8-6-14)18-21-19(23-22-18)27-13-17(25)24(10-3-9-20)12-16-4-2-11-26-16/h2,4-8,11H,3,10,12-13H2,1H3,(H,21,22,23). The topological polar surface area (TPSA) is 98.8 Å². The zero-order chi connectivity index (χ0) is 19.1. The fourth-order valence-electron chi connectivity index (χ4n) is 2.44. The Morgan fingerprint density at radius 1 is 1.33 bits per heavy atom. The number of nitrogens with one attached hydrogen (secondary N) is 1. The molecule has 0 bridgehead atoms. The summed E-state index contributed by atoms with van der Waals surface area (Å²) in [6.45, 7) is 2.73. The van der Waals surface area contributed by atoms with Gasteiger partial charge in [0.05, 0.1) is 31.1 Å². The number of aromatic amines is 1. The van der Waals surface area contributed by atoms with Gasteiger partial charge in [0, 0.05) is 12.1 Å². The van der Waals surface area contributed by atoms with E-state index in [4.69, 9.17) is 9.68 Å². The molecule has 0 unspecified atom stereocenters. The highest BCUT2D eigenvalue weighted by Crippen LogP contribution is 2.20. The van der Waals surface area contributed by atoms with Crippen LogP contribution in [0.3, 0.4) is 0 Å². The van der Waals surface area contributed by atoms with Crippen LogP contribution in [-0.2, 0) is 11.3 Å². The zero-order valence-corrected chi connectivity index (χ0v) is 15.7. The fourth-order valence-corrected chi connectivity index (χ4v) is 3.14. The fraction of sp³-hybridized carbons (Fsp3) is 0.263. The van der Waals surface area contributed by atoms with Crippen LogP contribution >= 0.6 is 11.8 Å². The summed E-state index contributed by atoms with van der Waals surface area (Å²) >= 11 is 1.26. The second kappa shape index (κ2) is 9.05. The Balaban J connectivity index is 1.59. The normalized spacial score (nSPS) is 10.5. The number of carbonyl (C=O) groups excluding carboxylic acids is 1. The van der Waals surface area contributed by atoms with E-state index in [9.17, 15) is 4.79 Å². The van der Waals surface area contributed by atoms with Crippen molar-refractivity contribution in [3.63, 3.8) is 0 Å². The summed E-state index contributed by atoms with van der Waals surface area (Å²) in [5.74, 6) is 1.46. The van der Waals surface area contributed by atoms with Gasteiger partial charge in [-0.05, 0) is 19.1 Å². The summed E-state index contributed by atoms with van der Waals surface area (Å²) in [6.07, 6.45) is 1.84. The van der Waals surface area contributed by atoms with Gasteiger partial charge in [-0.2, -0.15) is 5.26 Å². The molecule has 0 saturated heterocycles. The predicted molar refractivity (Wildman–Crippen MR) is 102 cm³/mol. The van der Waals surface area contributed by atoms with Gasteiger partial charge in [0.25, 0.3) is 0 Å². The first-order chi connectivity index (χ1) is 13.2. The number of hydrogen-bond acceptors (Lipinski definition) is 6.